The van der Waals surface area contributed by atoms with Crippen LogP contribution in [0.25, 0.3) is 17.2 Å². The van der Waals surface area contributed by atoms with Crippen LogP contribution in [-0.4, -0.2) is 20.7 Å². The summed E-state index contributed by atoms with van der Waals surface area (Å²) in [6.45, 7) is 0. The first kappa shape index (κ1) is 11.1. The minimum atomic E-state index is -0.481. The molecule has 0 aromatic carbocycles. The topological polar surface area (TPSA) is 73.8 Å². The largest absolute Gasteiger partial charge is 0.366 e. The predicted molar refractivity (Wildman–Crippen MR) is 64.7 cm³/mol. The molecule has 2 N–H and O–H groups in total. The number of carbonyl (C=O) groups excluding carboxylic acids is 1. The molecule has 0 saturated heterocycles. The van der Waals surface area contributed by atoms with E-state index in [-0.39, 0.29) is 0 Å². The Bertz CT molecular complexity index is 571. The van der Waals surface area contributed by atoms with Crippen molar-refractivity contribution < 1.29 is 4.79 Å². The molecule has 0 bridgehead atoms. The molecule has 2 heterocycles. The Morgan fingerprint density at radius 3 is 2.94 bits per heavy atom. The Kier molecular flexibility index (Phi) is 3.00. The normalized spacial score (nSPS) is 10.9. The van der Waals surface area contributed by atoms with Crippen molar-refractivity contribution in [1.29, 1.82) is 0 Å². The van der Waals surface area contributed by atoms with Crippen LogP contribution in [0.5, 0.6) is 0 Å². The highest BCUT2D eigenvalue weighted by Crippen LogP contribution is 2.22. The van der Waals surface area contributed by atoms with Crippen LogP contribution in [0.15, 0.2) is 36.9 Å². The molecular formula is C12H12N4O. The third-order valence-corrected chi connectivity index (χ3v) is 2.29. The van der Waals surface area contributed by atoms with E-state index in [0.29, 0.717) is 0 Å². The van der Waals surface area contributed by atoms with Crippen molar-refractivity contribution >= 4 is 12.0 Å². The van der Waals surface area contributed by atoms with Crippen LogP contribution < -0.4 is 5.73 Å². The molecule has 1 amide bonds. The smallest absolute Gasteiger partial charge is 0.241 e. The SMILES string of the molecule is Cn1cc(-c2ccncc2/C=C/C(N)=O)cn1. The lowest BCUT2D eigenvalue weighted by molar-refractivity contribution is -0.113. The molecule has 0 unspecified atom stereocenters. The molecule has 0 atom stereocenters. The summed E-state index contributed by atoms with van der Waals surface area (Å²) in [5, 5.41) is 4.11. The molecule has 0 spiro atoms. The van der Waals surface area contributed by atoms with E-state index in [9.17, 15) is 4.79 Å². The van der Waals surface area contributed by atoms with E-state index in [1.54, 1.807) is 29.3 Å². The van der Waals surface area contributed by atoms with Gasteiger partial charge < -0.3 is 5.73 Å². The molecule has 5 heteroatoms. The number of amides is 1. The number of nitrogens with two attached hydrogens (primary N) is 1. The van der Waals surface area contributed by atoms with E-state index in [2.05, 4.69) is 10.1 Å². The van der Waals surface area contributed by atoms with Crippen molar-refractivity contribution in [1.82, 2.24) is 14.8 Å². The number of primary amides is 1. The lowest BCUT2D eigenvalue weighted by atomic mass is 10.1. The Morgan fingerprint density at radius 2 is 2.29 bits per heavy atom. The lowest BCUT2D eigenvalue weighted by Crippen LogP contribution is -2.05. The number of hydrogen-bond acceptors (Lipinski definition) is 3. The molecule has 2 aromatic heterocycles. The van der Waals surface area contributed by atoms with Crippen LogP contribution in [-0.2, 0) is 11.8 Å². The molecule has 5 nitrogen and oxygen atoms in total. The fourth-order valence-electron chi connectivity index (χ4n) is 1.53. The molecule has 2 rings (SSSR count). The van der Waals surface area contributed by atoms with E-state index in [0.717, 1.165) is 16.7 Å². The van der Waals surface area contributed by atoms with Crippen LogP contribution in [0.4, 0.5) is 0 Å². The van der Waals surface area contributed by atoms with E-state index in [4.69, 9.17) is 5.73 Å². The summed E-state index contributed by atoms with van der Waals surface area (Å²) in [6.07, 6.45) is 10.0. The summed E-state index contributed by atoms with van der Waals surface area (Å²) in [7, 11) is 1.85. The van der Waals surface area contributed by atoms with Crippen LogP contribution >= 0.6 is 0 Å². The molecular weight excluding hydrogens is 216 g/mol. The van der Waals surface area contributed by atoms with E-state index in [1.807, 2.05) is 19.3 Å². The average Bonchev–Trinajstić information content (AvgIpc) is 2.73. The van der Waals surface area contributed by atoms with Crippen molar-refractivity contribution in [2.45, 2.75) is 0 Å². The van der Waals surface area contributed by atoms with Crippen LogP contribution in [0, 0.1) is 0 Å². The van der Waals surface area contributed by atoms with Gasteiger partial charge in [0.1, 0.15) is 0 Å². The zero-order valence-electron chi connectivity index (χ0n) is 9.37. The molecule has 0 saturated carbocycles. The second-order valence-electron chi connectivity index (χ2n) is 3.60. The third kappa shape index (κ3) is 2.57. The van der Waals surface area contributed by atoms with Gasteiger partial charge in [-0.05, 0) is 17.7 Å². The third-order valence-electron chi connectivity index (χ3n) is 2.29. The summed E-state index contributed by atoms with van der Waals surface area (Å²) >= 11 is 0. The van der Waals surface area contributed by atoms with Gasteiger partial charge in [0.05, 0.1) is 6.20 Å². The predicted octanol–water partition coefficient (Wildman–Crippen LogP) is 0.981. The summed E-state index contributed by atoms with van der Waals surface area (Å²) in [6, 6.07) is 1.87. The molecule has 0 radical (unpaired) electrons. The zero-order chi connectivity index (χ0) is 12.3. The first-order valence-corrected chi connectivity index (χ1v) is 5.07. The van der Waals surface area contributed by atoms with Crippen molar-refractivity contribution in [2.24, 2.45) is 12.8 Å². The highest BCUT2D eigenvalue weighted by atomic mass is 16.1. The van der Waals surface area contributed by atoms with E-state index in [1.165, 1.54) is 6.08 Å². The van der Waals surface area contributed by atoms with E-state index >= 15 is 0 Å². The van der Waals surface area contributed by atoms with Crippen LogP contribution in [0.3, 0.4) is 0 Å². The van der Waals surface area contributed by atoms with Gasteiger partial charge >= 0.3 is 0 Å². The first-order valence-electron chi connectivity index (χ1n) is 5.07. The lowest BCUT2D eigenvalue weighted by Gasteiger charge is -2.01. The fourth-order valence-corrected chi connectivity index (χ4v) is 1.53. The average molecular weight is 228 g/mol. The number of pyridine rings is 1. The number of hydrogen-bond donors (Lipinski definition) is 1. The Hall–Kier alpha value is -2.43. The molecule has 2 aromatic rings. The van der Waals surface area contributed by atoms with Gasteiger partial charge in [0, 0.05) is 42.8 Å². The van der Waals surface area contributed by atoms with Crippen molar-refractivity contribution in [3.05, 3.63) is 42.5 Å². The van der Waals surface area contributed by atoms with Gasteiger partial charge in [-0.25, -0.2) is 0 Å². The van der Waals surface area contributed by atoms with Crippen LogP contribution in [0.1, 0.15) is 5.56 Å². The zero-order valence-corrected chi connectivity index (χ0v) is 9.37. The van der Waals surface area contributed by atoms with Gasteiger partial charge in [-0.1, -0.05) is 0 Å². The molecule has 0 fully saturated rings. The van der Waals surface area contributed by atoms with Gasteiger partial charge in [0.15, 0.2) is 0 Å². The highest BCUT2D eigenvalue weighted by molar-refractivity contribution is 5.91. The molecule has 0 aliphatic rings. The molecule has 0 aliphatic heterocycles. The first-order chi connectivity index (χ1) is 8.16. The number of rotatable bonds is 3. The van der Waals surface area contributed by atoms with Crippen molar-refractivity contribution in [3.8, 4) is 11.1 Å². The molecule has 17 heavy (non-hydrogen) atoms. The standard InChI is InChI=1S/C12H12N4O/c1-16-8-10(7-15-16)11-4-5-14-6-9(11)2-3-12(13)17/h2-8H,1H3,(H2,13,17)/b3-2+. The second kappa shape index (κ2) is 4.61. The number of carbonyl (C=O) groups is 1. The maximum absolute atomic E-state index is 10.7. The number of nitrogens with zero attached hydrogens (tertiary/aromatic N) is 3. The number of aromatic nitrogens is 3. The maximum Gasteiger partial charge on any atom is 0.241 e. The van der Waals surface area contributed by atoms with Gasteiger partial charge in [-0.15, -0.1) is 0 Å². The van der Waals surface area contributed by atoms with E-state index < -0.39 is 5.91 Å². The minimum Gasteiger partial charge on any atom is -0.366 e. The Labute approximate surface area is 98.6 Å². The maximum atomic E-state index is 10.7. The van der Waals surface area contributed by atoms with Gasteiger partial charge in [-0.3, -0.25) is 14.5 Å². The van der Waals surface area contributed by atoms with Gasteiger partial charge in [-0.2, -0.15) is 5.10 Å². The summed E-state index contributed by atoms with van der Waals surface area (Å²) in [5.74, 6) is -0.481. The summed E-state index contributed by atoms with van der Waals surface area (Å²) in [4.78, 5) is 14.7. The van der Waals surface area contributed by atoms with Gasteiger partial charge in [0.25, 0.3) is 0 Å². The molecule has 86 valence electrons. The van der Waals surface area contributed by atoms with Crippen molar-refractivity contribution in [2.75, 3.05) is 0 Å². The Balaban J connectivity index is 2.44. The molecule has 0 aliphatic carbocycles. The number of aryl methyl sites for hydroxylation is 1. The second-order valence-corrected chi connectivity index (χ2v) is 3.60. The highest BCUT2D eigenvalue weighted by Gasteiger charge is 2.04. The summed E-state index contributed by atoms with van der Waals surface area (Å²) < 4.78 is 1.72. The minimum absolute atomic E-state index is 0.481. The quantitative estimate of drug-likeness (QED) is 0.796. The fraction of sp³-hybridized carbons (Fsp3) is 0.0833. The van der Waals surface area contributed by atoms with Gasteiger partial charge in [0.2, 0.25) is 5.91 Å². The van der Waals surface area contributed by atoms with Crippen LogP contribution in [0.2, 0.25) is 0 Å². The van der Waals surface area contributed by atoms with Crippen molar-refractivity contribution in [3.63, 3.8) is 0 Å². The summed E-state index contributed by atoms with van der Waals surface area (Å²) in [5.41, 5.74) is 7.84. The Morgan fingerprint density at radius 1 is 1.47 bits per heavy atom. The monoisotopic (exact) mass is 228 g/mol.